The predicted molar refractivity (Wildman–Crippen MR) is 114 cm³/mol. The molecule has 152 valence electrons. The van der Waals surface area contributed by atoms with E-state index in [9.17, 15) is 13.2 Å². The van der Waals surface area contributed by atoms with Crippen LogP contribution < -0.4 is 10.0 Å². The number of anilines is 1. The van der Waals surface area contributed by atoms with Gasteiger partial charge in [-0.2, -0.15) is 0 Å². The molecule has 0 bridgehead atoms. The smallest absolute Gasteiger partial charge is 0.261 e. The van der Waals surface area contributed by atoms with Gasteiger partial charge < -0.3 is 5.32 Å². The maximum Gasteiger partial charge on any atom is 0.261 e. The van der Waals surface area contributed by atoms with E-state index in [1.165, 1.54) is 35.7 Å². The van der Waals surface area contributed by atoms with E-state index in [2.05, 4.69) is 39.3 Å². The van der Waals surface area contributed by atoms with Crippen LogP contribution >= 0.6 is 0 Å². The lowest BCUT2D eigenvalue weighted by atomic mass is 9.92. The van der Waals surface area contributed by atoms with Crippen molar-refractivity contribution in [3.8, 4) is 0 Å². The van der Waals surface area contributed by atoms with Crippen molar-refractivity contribution in [2.24, 2.45) is 5.92 Å². The van der Waals surface area contributed by atoms with E-state index in [4.69, 9.17) is 0 Å². The van der Waals surface area contributed by atoms with Crippen molar-refractivity contribution in [2.45, 2.75) is 29.7 Å². The highest BCUT2D eigenvalue weighted by molar-refractivity contribution is 7.92. The normalized spacial score (nSPS) is 21.8. The first kappa shape index (κ1) is 18.8. The lowest BCUT2D eigenvalue weighted by Gasteiger charge is -2.13. The number of sulfonamides is 1. The van der Waals surface area contributed by atoms with Crippen LogP contribution in [0.25, 0.3) is 0 Å². The molecule has 0 aliphatic heterocycles. The second-order valence-electron chi connectivity index (χ2n) is 7.79. The highest BCUT2D eigenvalue weighted by Gasteiger charge is 2.53. The fourth-order valence-corrected chi connectivity index (χ4v) is 5.48. The summed E-state index contributed by atoms with van der Waals surface area (Å²) in [6.07, 6.45) is 5.17. The summed E-state index contributed by atoms with van der Waals surface area (Å²) in [5, 5.41) is 3.14. The van der Waals surface area contributed by atoms with Gasteiger partial charge in [0, 0.05) is 29.9 Å². The zero-order valence-electron chi connectivity index (χ0n) is 16.2. The zero-order chi connectivity index (χ0) is 20.7. The van der Waals surface area contributed by atoms with Crippen LogP contribution in [0.2, 0.25) is 0 Å². The molecule has 2 N–H and O–H groups in total. The molecule has 1 aromatic heterocycles. The number of pyridine rings is 1. The third-order valence-electron chi connectivity index (χ3n) is 5.99. The Labute approximate surface area is 175 Å². The molecule has 5 rings (SSSR count). The summed E-state index contributed by atoms with van der Waals surface area (Å²) in [7, 11) is -3.73. The van der Waals surface area contributed by atoms with Crippen LogP contribution in [0.5, 0.6) is 0 Å². The molecule has 0 radical (unpaired) electrons. The molecule has 0 saturated heterocycles. The molecule has 2 aromatic carbocycles. The zero-order valence-corrected chi connectivity index (χ0v) is 17.0. The van der Waals surface area contributed by atoms with Gasteiger partial charge in [-0.1, -0.05) is 24.3 Å². The summed E-state index contributed by atoms with van der Waals surface area (Å²) in [6, 6.07) is 17.8. The number of rotatable bonds is 5. The van der Waals surface area contributed by atoms with Gasteiger partial charge in [0.1, 0.15) is 0 Å². The Kier molecular flexibility index (Phi) is 4.55. The van der Waals surface area contributed by atoms with Gasteiger partial charge in [0.25, 0.3) is 15.9 Å². The summed E-state index contributed by atoms with van der Waals surface area (Å²) >= 11 is 0. The van der Waals surface area contributed by atoms with Gasteiger partial charge in [0.15, 0.2) is 0 Å². The van der Waals surface area contributed by atoms with Crippen LogP contribution in [0.4, 0.5) is 5.69 Å². The average molecular weight is 420 g/mol. The Bertz CT molecular complexity index is 1190. The van der Waals surface area contributed by atoms with Gasteiger partial charge in [-0.05, 0) is 66.3 Å². The molecule has 1 amide bonds. The Morgan fingerprint density at radius 2 is 1.70 bits per heavy atom. The molecule has 3 aromatic rings. The summed E-state index contributed by atoms with van der Waals surface area (Å²) in [5.41, 5.74) is 3.62. The van der Waals surface area contributed by atoms with Gasteiger partial charge in [-0.3, -0.25) is 14.5 Å². The monoisotopic (exact) mass is 419 g/mol. The van der Waals surface area contributed by atoms with Gasteiger partial charge in [-0.25, -0.2) is 8.42 Å². The quantitative estimate of drug-likeness (QED) is 0.664. The van der Waals surface area contributed by atoms with Crippen LogP contribution in [-0.4, -0.2) is 25.4 Å². The average Bonchev–Trinajstić information content (AvgIpc) is 3.47. The highest BCUT2D eigenvalue weighted by atomic mass is 32.2. The lowest BCUT2D eigenvalue weighted by molar-refractivity contribution is 0.0948. The number of hydrogen-bond donors (Lipinski definition) is 2. The standard InChI is InChI=1S/C23H21N3O3S/c27-23(25-22-20-10-7-15-3-1-2-4-19(15)21(20)22)16-5-8-18(9-6-16)30(28,29)26-17-11-13-24-14-12-17/h1-6,8-9,11-14,20-22H,7,10H2,(H,24,26)(H,25,27)/t20-,21-,22+/m0/s1. The molecule has 7 heteroatoms. The molecule has 6 nitrogen and oxygen atoms in total. The second-order valence-corrected chi connectivity index (χ2v) is 9.47. The van der Waals surface area contributed by atoms with Gasteiger partial charge in [-0.15, -0.1) is 0 Å². The molecule has 0 unspecified atom stereocenters. The second kappa shape index (κ2) is 7.25. The molecule has 3 atom stereocenters. The lowest BCUT2D eigenvalue weighted by Crippen LogP contribution is -2.27. The third-order valence-corrected chi connectivity index (χ3v) is 7.38. The van der Waals surface area contributed by atoms with Crippen molar-refractivity contribution < 1.29 is 13.2 Å². The number of hydrogen-bond acceptors (Lipinski definition) is 4. The fourth-order valence-electron chi connectivity index (χ4n) is 4.42. The number of fused-ring (bicyclic) bond motifs is 3. The van der Waals surface area contributed by atoms with Gasteiger partial charge in [0.05, 0.1) is 10.6 Å². The minimum atomic E-state index is -3.73. The number of aryl methyl sites for hydroxylation is 1. The van der Waals surface area contributed by atoms with E-state index >= 15 is 0 Å². The molecule has 2 aliphatic rings. The van der Waals surface area contributed by atoms with Crippen LogP contribution in [0.3, 0.4) is 0 Å². The van der Waals surface area contributed by atoms with E-state index in [1.54, 1.807) is 24.3 Å². The summed E-state index contributed by atoms with van der Waals surface area (Å²) < 4.78 is 27.6. The van der Waals surface area contributed by atoms with Crippen molar-refractivity contribution >= 4 is 21.6 Å². The molecule has 1 heterocycles. The van der Waals surface area contributed by atoms with Crippen LogP contribution in [-0.2, 0) is 16.4 Å². The Morgan fingerprint density at radius 1 is 0.967 bits per heavy atom. The van der Waals surface area contributed by atoms with Gasteiger partial charge >= 0.3 is 0 Å². The Balaban J connectivity index is 1.27. The largest absolute Gasteiger partial charge is 0.348 e. The fraction of sp³-hybridized carbons (Fsp3) is 0.217. The Morgan fingerprint density at radius 3 is 2.47 bits per heavy atom. The molecule has 30 heavy (non-hydrogen) atoms. The van der Waals surface area contributed by atoms with Crippen LogP contribution in [0.1, 0.15) is 33.8 Å². The summed E-state index contributed by atoms with van der Waals surface area (Å²) in [5.74, 6) is 0.717. The number of carbonyl (C=O) groups excluding carboxylic acids is 1. The Hall–Kier alpha value is -3.19. The number of nitrogens with zero attached hydrogens (tertiary/aromatic N) is 1. The maximum absolute atomic E-state index is 12.7. The number of amides is 1. The first-order chi connectivity index (χ1) is 14.5. The first-order valence-electron chi connectivity index (χ1n) is 9.94. The SMILES string of the molecule is O=C(N[C@@H]1[C@H]2CCc3ccccc3[C@@H]21)c1ccc(S(=O)(=O)Nc2ccncc2)cc1. The van der Waals surface area contributed by atoms with Crippen molar-refractivity contribution in [1.82, 2.24) is 10.3 Å². The minimum Gasteiger partial charge on any atom is -0.348 e. The number of nitrogens with one attached hydrogen (secondary N) is 2. The van der Waals surface area contributed by atoms with Gasteiger partial charge in [0.2, 0.25) is 0 Å². The molecular formula is C23H21N3O3S. The molecule has 0 spiro atoms. The first-order valence-corrected chi connectivity index (χ1v) is 11.4. The highest BCUT2D eigenvalue weighted by Crippen LogP contribution is 2.54. The molecular weight excluding hydrogens is 398 g/mol. The van der Waals surface area contributed by atoms with Crippen molar-refractivity contribution in [2.75, 3.05) is 4.72 Å². The molecule has 1 fully saturated rings. The van der Waals surface area contributed by atoms with Crippen molar-refractivity contribution in [3.63, 3.8) is 0 Å². The summed E-state index contributed by atoms with van der Waals surface area (Å²) in [4.78, 5) is 16.7. The summed E-state index contributed by atoms with van der Waals surface area (Å²) in [6.45, 7) is 0. The number of benzene rings is 2. The van der Waals surface area contributed by atoms with E-state index in [1.807, 2.05) is 0 Å². The van der Waals surface area contributed by atoms with Crippen molar-refractivity contribution in [3.05, 3.63) is 89.7 Å². The van der Waals surface area contributed by atoms with Crippen LogP contribution in [0, 0.1) is 5.92 Å². The molecule has 1 saturated carbocycles. The van der Waals surface area contributed by atoms with E-state index in [-0.39, 0.29) is 16.8 Å². The van der Waals surface area contributed by atoms with E-state index in [0.717, 1.165) is 12.8 Å². The minimum absolute atomic E-state index is 0.102. The predicted octanol–water partition coefficient (Wildman–Crippen LogP) is 3.34. The topological polar surface area (TPSA) is 88.2 Å². The number of aromatic nitrogens is 1. The van der Waals surface area contributed by atoms with Crippen LogP contribution in [0.15, 0.2) is 78.0 Å². The number of carbonyl (C=O) groups is 1. The maximum atomic E-state index is 12.7. The van der Waals surface area contributed by atoms with Crippen molar-refractivity contribution in [1.29, 1.82) is 0 Å². The molecule has 2 aliphatic carbocycles. The third kappa shape index (κ3) is 3.45. The van der Waals surface area contributed by atoms with E-state index < -0.39 is 10.0 Å². The van der Waals surface area contributed by atoms with E-state index in [0.29, 0.717) is 23.1 Å².